The second-order valence-electron chi connectivity index (χ2n) is 3.37. The van der Waals surface area contributed by atoms with Crippen molar-refractivity contribution in [1.29, 1.82) is 5.41 Å². The monoisotopic (exact) mass is 128 g/mol. The maximum atomic E-state index is 7.05. The average Bonchev–Trinajstić information content (AvgIpc) is 1.63. The maximum absolute atomic E-state index is 7.05. The molecule has 0 bridgehead atoms. The third kappa shape index (κ3) is 4.15. The second-order valence-corrected chi connectivity index (χ2v) is 3.37. The van der Waals surface area contributed by atoms with Crippen LogP contribution < -0.4 is 0 Å². The molecule has 2 nitrogen and oxygen atoms in total. The molecule has 54 valence electrons. The zero-order valence-electron chi connectivity index (χ0n) is 6.73. The van der Waals surface area contributed by atoms with E-state index in [-0.39, 0.29) is 5.41 Å². The summed E-state index contributed by atoms with van der Waals surface area (Å²) in [5, 5.41) is 7.05. The summed E-state index contributed by atoms with van der Waals surface area (Å²) in [5.41, 5.74) is 0.0312. The second kappa shape index (κ2) is 2.97. The molecule has 9 heavy (non-hydrogen) atoms. The molecule has 0 heterocycles. The van der Waals surface area contributed by atoms with Crippen LogP contribution in [0.5, 0.6) is 0 Å². The Morgan fingerprint density at radius 1 is 1.44 bits per heavy atom. The van der Waals surface area contributed by atoms with Crippen molar-refractivity contribution >= 4 is 6.21 Å². The van der Waals surface area contributed by atoms with Crippen LogP contribution in [-0.4, -0.2) is 31.8 Å². The van der Waals surface area contributed by atoms with E-state index >= 15 is 0 Å². The average molecular weight is 128 g/mol. The Balaban J connectivity index is 3.71. The minimum absolute atomic E-state index is 0.0312. The van der Waals surface area contributed by atoms with Gasteiger partial charge in [0, 0.05) is 18.2 Å². The molecule has 0 saturated heterocycles. The molecule has 0 fully saturated rings. The fourth-order valence-electron chi connectivity index (χ4n) is 0.861. The van der Waals surface area contributed by atoms with E-state index in [1.54, 1.807) is 0 Å². The quantitative estimate of drug-likeness (QED) is 0.568. The highest BCUT2D eigenvalue weighted by atomic mass is 15.1. The number of rotatable bonds is 3. The fourth-order valence-corrected chi connectivity index (χ4v) is 0.861. The van der Waals surface area contributed by atoms with Gasteiger partial charge in [0.2, 0.25) is 0 Å². The Bertz CT molecular complexity index is 95.1. The summed E-state index contributed by atoms with van der Waals surface area (Å²) in [6.45, 7) is 5.05. The number of hydrogen-bond acceptors (Lipinski definition) is 2. The Morgan fingerprint density at radius 2 is 1.89 bits per heavy atom. The van der Waals surface area contributed by atoms with Crippen LogP contribution in [0.3, 0.4) is 0 Å². The summed E-state index contributed by atoms with van der Waals surface area (Å²) in [5.74, 6) is 0. The molecule has 0 spiro atoms. The van der Waals surface area contributed by atoms with Gasteiger partial charge in [-0.3, -0.25) is 0 Å². The lowest BCUT2D eigenvalue weighted by atomic mass is 9.95. The van der Waals surface area contributed by atoms with E-state index < -0.39 is 0 Å². The third-order valence-electron chi connectivity index (χ3n) is 1.11. The molecule has 0 aromatic carbocycles. The van der Waals surface area contributed by atoms with Crippen LogP contribution in [0.1, 0.15) is 13.8 Å². The van der Waals surface area contributed by atoms with Gasteiger partial charge >= 0.3 is 0 Å². The van der Waals surface area contributed by atoms with Crippen LogP contribution in [0, 0.1) is 10.8 Å². The van der Waals surface area contributed by atoms with E-state index in [1.165, 1.54) is 6.21 Å². The molecule has 0 aliphatic rings. The molecule has 0 unspecified atom stereocenters. The fraction of sp³-hybridized carbons (Fsp3) is 0.857. The largest absolute Gasteiger partial charge is 0.313 e. The smallest absolute Gasteiger partial charge is 0.0120 e. The van der Waals surface area contributed by atoms with E-state index in [2.05, 4.69) is 18.7 Å². The van der Waals surface area contributed by atoms with E-state index in [4.69, 9.17) is 5.41 Å². The van der Waals surface area contributed by atoms with Crippen LogP contribution in [0.2, 0.25) is 0 Å². The van der Waals surface area contributed by atoms with Crippen molar-refractivity contribution in [1.82, 2.24) is 4.90 Å². The van der Waals surface area contributed by atoms with Crippen LogP contribution in [0.15, 0.2) is 0 Å². The first-order valence-electron chi connectivity index (χ1n) is 3.14. The van der Waals surface area contributed by atoms with Gasteiger partial charge in [0.25, 0.3) is 0 Å². The maximum Gasteiger partial charge on any atom is 0.0120 e. The first-order chi connectivity index (χ1) is 3.98. The molecular formula is C7H16N2. The van der Waals surface area contributed by atoms with Gasteiger partial charge in [-0.25, -0.2) is 0 Å². The van der Waals surface area contributed by atoms with Crippen molar-refractivity contribution in [3.8, 4) is 0 Å². The van der Waals surface area contributed by atoms with Gasteiger partial charge in [-0.2, -0.15) is 0 Å². The van der Waals surface area contributed by atoms with E-state index in [9.17, 15) is 0 Å². The summed E-state index contributed by atoms with van der Waals surface area (Å²) in [6.07, 6.45) is 1.49. The molecule has 0 aromatic rings. The highest BCUT2D eigenvalue weighted by Gasteiger charge is 2.14. The Kier molecular flexibility index (Phi) is 2.85. The topological polar surface area (TPSA) is 27.1 Å². The minimum Gasteiger partial charge on any atom is -0.313 e. The summed E-state index contributed by atoms with van der Waals surface area (Å²) in [6, 6.07) is 0. The van der Waals surface area contributed by atoms with E-state index in [0.717, 1.165) is 6.54 Å². The van der Waals surface area contributed by atoms with Crippen molar-refractivity contribution in [3.05, 3.63) is 0 Å². The number of hydrogen-bond donors (Lipinski definition) is 1. The van der Waals surface area contributed by atoms with Crippen LogP contribution in [0.4, 0.5) is 0 Å². The Hall–Kier alpha value is -0.370. The lowest BCUT2D eigenvalue weighted by Gasteiger charge is -2.22. The standard InChI is InChI=1S/C7H16N2/c1-7(2,5-8)6-9(3)4/h5,8H,6H2,1-4H3. The molecule has 0 aromatic heterocycles. The molecule has 1 N–H and O–H groups in total. The Morgan fingerprint density at radius 3 is 2.00 bits per heavy atom. The zero-order valence-corrected chi connectivity index (χ0v) is 6.73. The molecule has 0 saturated carbocycles. The highest BCUT2D eigenvalue weighted by molar-refractivity contribution is 5.61. The van der Waals surface area contributed by atoms with Crippen LogP contribution >= 0.6 is 0 Å². The van der Waals surface area contributed by atoms with Crippen molar-refractivity contribution in [2.24, 2.45) is 5.41 Å². The van der Waals surface area contributed by atoms with E-state index in [1.807, 2.05) is 14.1 Å². The van der Waals surface area contributed by atoms with Gasteiger partial charge in [-0.1, -0.05) is 13.8 Å². The van der Waals surface area contributed by atoms with Crippen molar-refractivity contribution < 1.29 is 0 Å². The summed E-state index contributed by atoms with van der Waals surface area (Å²) in [7, 11) is 4.04. The van der Waals surface area contributed by atoms with Gasteiger partial charge in [0.05, 0.1) is 0 Å². The van der Waals surface area contributed by atoms with Gasteiger partial charge in [-0.05, 0) is 14.1 Å². The zero-order chi connectivity index (χ0) is 7.49. The van der Waals surface area contributed by atoms with Crippen LogP contribution in [0.25, 0.3) is 0 Å². The summed E-state index contributed by atoms with van der Waals surface area (Å²) in [4.78, 5) is 2.09. The minimum atomic E-state index is 0.0312. The van der Waals surface area contributed by atoms with Gasteiger partial charge in [-0.15, -0.1) is 0 Å². The lowest BCUT2D eigenvalue weighted by Crippen LogP contribution is -2.29. The first-order valence-corrected chi connectivity index (χ1v) is 3.14. The molecule has 0 atom stereocenters. The Labute approximate surface area is 57.4 Å². The molecule has 2 heteroatoms. The van der Waals surface area contributed by atoms with Crippen molar-refractivity contribution in [3.63, 3.8) is 0 Å². The van der Waals surface area contributed by atoms with E-state index in [0.29, 0.717) is 0 Å². The number of nitrogens with one attached hydrogen (secondary N) is 1. The third-order valence-corrected chi connectivity index (χ3v) is 1.11. The molecular weight excluding hydrogens is 112 g/mol. The SMILES string of the molecule is CN(C)CC(C)(C)C=N. The van der Waals surface area contributed by atoms with Gasteiger partial charge in [0.1, 0.15) is 0 Å². The highest BCUT2D eigenvalue weighted by Crippen LogP contribution is 2.10. The van der Waals surface area contributed by atoms with Gasteiger partial charge < -0.3 is 10.3 Å². The van der Waals surface area contributed by atoms with Crippen molar-refractivity contribution in [2.75, 3.05) is 20.6 Å². The predicted octanol–water partition coefficient (Wildman–Crippen LogP) is 1.22. The number of nitrogens with zero attached hydrogens (tertiary/aromatic N) is 1. The molecule has 0 rings (SSSR count). The molecule has 0 aliphatic heterocycles. The molecule has 0 radical (unpaired) electrons. The van der Waals surface area contributed by atoms with Gasteiger partial charge in [0.15, 0.2) is 0 Å². The van der Waals surface area contributed by atoms with Crippen molar-refractivity contribution in [2.45, 2.75) is 13.8 Å². The summed E-state index contributed by atoms with van der Waals surface area (Å²) < 4.78 is 0. The summed E-state index contributed by atoms with van der Waals surface area (Å²) >= 11 is 0. The lowest BCUT2D eigenvalue weighted by molar-refractivity contribution is 0.314. The van der Waals surface area contributed by atoms with Crippen LogP contribution in [-0.2, 0) is 0 Å². The normalized spacial score (nSPS) is 12.1. The first kappa shape index (κ1) is 8.63. The predicted molar refractivity (Wildman–Crippen MR) is 41.1 cm³/mol. The molecule has 0 aliphatic carbocycles. The molecule has 0 amide bonds.